The molecule has 0 spiro atoms. The minimum absolute atomic E-state index is 0.943. The van der Waals surface area contributed by atoms with Crippen molar-refractivity contribution in [3.8, 4) is 0 Å². The van der Waals surface area contributed by atoms with E-state index >= 15 is 0 Å². The highest BCUT2D eigenvalue weighted by Crippen LogP contribution is 2.11. The van der Waals surface area contributed by atoms with Crippen LogP contribution in [0.3, 0.4) is 0 Å². The molecule has 0 bridgehead atoms. The van der Waals surface area contributed by atoms with E-state index in [1.165, 1.54) is 24.1 Å². The van der Waals surface area contributed by atoms with Gasteiger partial charge in [-0.05, 0) is 43.8 Å². The quantitative estimate of drug-likeness (QED) is 0.495. The van der Waals surface area contributed by atoms with Crippen molar-refractivity contribution in [3.05, 3.63) is 22.4 Å². The van der Waals surface area contributed by atoms with Gasteiger partial charge in [0.15, 0.2) is 7.98 Å². The molecule has 1 heterocycles. The Hall–Kier alpha value is -0.275. The molecule has 70 valence electrons. The molecule has 0 unspecified atom stereocenters. The van der Waals surface area contributed by atoms with E-state index in [0.717, 1.165) is 13.1 Å². The first-order valence-electron chi connectivity index (χ1n) is 4.85. The van der Waals surface area contributed by atoms with E-state index in [4.69, 9.17) is 7.98 Å². The SMILES string of the molecule is [B]N(CC)CCCCc1cccs1. The van der Waals surface area contributed by atoms with Gasteiger partial charge in [-0.2, -0.15) is 0 Å². The van der Waals surface area contributed by atoms with Crippen LogP contribution in [0.4, 0.5) is 0 Å². The molecule has 0 saturated heterocycles. The summed E-state index contributed by atoms with van der Waals surface area (Å²) in [6, 6.07) is 4.31. The first kappa shape index (κ1) is 10.8. The topological polar surface area (TPSA) is 3.24 Å². The van der Waals surface area contributed by atoms with Gasteiger partial charge in [-0.1, -0.05) is 13.0 Å². The normalized spacial score (nSPS) is 10.9. The van der Waals surface area contributed by atoms with Gasteiger partial charge < -0.3 is 4.81 Å². The summed E-state index contributed by atoms with van der Waals surface area (Å²) in [5, 5.41) is 2.14. The summed E-state index contributed by atoms with van der Waals surface area (Å²) in [6.45, 7) is 4.04. The van der Waals surface area contributed by atoms with Gasteiger partial charge in [0.1, 0.15) is 0 Å². The van der Waals surface area contributed by atoms with Gasteiger partial charge in [0.25, 0.3) is 0 Å². The third-order valence-electron chi connectivity index (χ3n) is 2.10. The highest BCUT2D eigenvalue weighted by molar-refractivity contribution is 7.09. The smallest absolute Gasteiger partial charge is 0.182 e. The molecule has 0 atom stereocenters. The highest BCUT2D eigenvalue weighted by atomic mass is 32.1. The summed E-state index contributed by atoms with van der Waals surface area (Å²) in [4.78, 5) is 3.36. The van der Waals surface area contributed by atoms with Crippen molar-refractivity contribution in [1.82, 2.24) is 4.81 Å². The molecule has 1 nitrogen and oxygen atoms in total. The van der Waals surface area contributed by atoms with Crippen molar-refractivity contribution in [2.75, 3.05) is 13.1 Å². The zero-order chi connectivity index (χ0) is 9.52. The van der Waals surface area contributed by atoms with E-state index in [2.05, 4.69) is 24.4 Å². The van der Waals surface area contributed by atoms with Crippen LogP contribution < -0.4 is 0 Å². The lowest BCUT2D eigenvalue weighted by Gasteiger charge is -2.13. The second kappa shape index (κ2) is 6.22. The molecule has 3 heteroatoms. The average molecular weight is 193 g/mol. The number of thiophene rings is 1. The van der Waals surface area contributed by atoms with Gasteiger partial charge in [0.2, 0.25) is 0 Å². The molecule has 0 aliphatic rings. The Kier molecular flexibility index (Phi) is 5.17. The lowest BCUT2D eigenvalue weighted by Crippen LogP contribution is -2.20. The maximum atomic E-state index is 5.67. The zero-order valence-corrected chi connectivity index (χ0v) is 9.02. The second-order valence-corrected chi connectivity index (χ2v) is 4.20. The Morgan fingerprint density at radius 1 is 1.46 bits per heavy atom. The van der Waals surface area contributed by atoms with E-state index < -0.39 is 0 Å². The lowest BCUT2D eigenvalue weighted by molar-refractivity contribution is 0.457. The van der Waals surface area contributed by atoms with Crippen molar-refractivity contribution in [2.24, 2.45) is 0 Å². The summed E-state index contributed by atoms with van der Waals surface area (Å²) < 4.78 is 0. The zero-order valence-electron chi connectivity index (χ0n) is 8.20. The van der Waals surface area contributed by atoms with E-state index in [9.17, 15) is 0 Å². The van der Waals surface area contributed by atoms with Gasteiger partial charge in [-0.15, -0.1) is 11.3 Å². The van der Waals surface area contributed by atoms with Crippen molar-refractivity contribution in [3.63, 3.8) is 0 Å². The van der Waals surface area contributed by atoms with Gasteiger partial charge in [0, 0.05) is 4.88 Å². The molecule has 0 fully saturated rings. The number of rotatable bonds is 6. The summed E-state index contributed by atoms with van der Waals surface area (Å²) in [6.07, 6.45) is 3.64. The number of hydrogen-bond donors (Lipinski definition) is 0. The molecule has 0 aromatic carbocycles. The molecule has 0 N–H and O–H groups in total. The maximum absolute atomic E-state index is 5.67. The Morgan fingerprint density at radius 3 is 2.92 bits per heavy atom. The van der Waals surface area contributed by atoms with Crippen LogP contribution in [0.1, 0.15) is 24.6 Å². The molecule has 0 aliphatic carbocycles. The third kappa shape index (κ3) is 4.48. The molecule has 2 radical (unpaired) electrons. The standard InChI is InChI=1S/C10H16BNS/c1-2-12(11)8-4-3-6-10-7-5-9-13-10/h5,7,9H,2-4,6,8H2,1H3. The first-order valence-corrected chi connectivity index (χ1v) is 5.73. The maximum Gasteiger partial charge on any atom is 0.182 e. The van der Waals surface area contributed by atoms with Gasteiger partial charge in [-0.25, -0.2) is 0 Å². The molecule has 0 aliphatic heterocycles. The predicted octanol–water partition coefficient (Wildman–Crippen LogP) is 2.48. The van der Waals surface area contributed by atoms with E-state index in [1.807, 2.05) is 16.1 Å². The highest BCUT2D eigenvalue weighted by Gasteiger charge is 1.96. The fourth-order valence-corrected chi connectivity index (χ4v) is 1.98. The average Bonchev–Trinajstić information content (AvgIpc) is 2.64. The van der Waals surface area contributed by atoms with E-state index in [1.54, 1.807) is 0 Å². The second-order valence-electron chi connectivity index (χ2n) is 3.17. The molecule has 1 aromatic heterocycles. The molecule has 0 saturated carbocycles. The van der Waals surface area contributed by atoms with Crippen molar-refractivity contribution in [2.45, 2.75) is 26.2 Å². The van der Waals surface area contributed by atoms with Gasteiger partial charge >= 0.3 is 0 Å². The van der Waals surface area contributed by atoms with E-state index in [-0.39, 0.29) is 0 Å². The van der Waals surface area contributed by atoms with Crippen LogP contribution in [0.2, 0.25) is 0 Å². The number of aryl methyl sites for hydroxylation is 1. The van der Waals surface area contributed by atoms with Crippen LogP contribution in [-0.2, 0) is 6.42 Å². The van der Waals surface area contributed by atoms with Crippen molar-refractivity contribution >= 4 is 19.3 Å². The van der Waals surface area contributed by atoms with Crippen LogP contribution >= 0.6 is 11.3 Å². The monoisotopic (exact) mass is 193 g/mol. The predicted molar refractivity (Wildman–Crippen MR) is 60.3 cm³/mol. The Labute approximate surface area is 86.2 Å². The molecule has 1 aromatic rings. The Balaban J connectivity index is 2.02. The molecule has 1 rings (SSSR count). The fraction of sp³-hybridized carbons (Fsp3) is 0.600. The van der Waals surface area contributed by atoms with Crippen molar-refractivity contribution < 1.29 is 0 Å². The largest absolute Gasteiger partial charge is 0.354 e. The number of unbranched alkanes of at least 4 members (excludes halogenated alkanes) is 1. The minimum atomic E-state index is 0.943. The molecule has 13 heavy (non-hydrogen) atoms. The summed E-state index contributed by atoms with van der Waals surface area (Å²) in [5.74, 6) is 0. The first-order chi connectivity index (χ1) is 6.33. The van der Waals surface area contributed by atoms with Crippen LogP contribution in [0, 0.1) is 0 Å². The van der Waals surface area contributed by atoms with Crippen LogP contribution in [0.25, 0.3) is 0 Å². The minimum Gasteiger partial charge on any atom is -0.354 e. The Bertz CT molecular complexity index is 211. The summed E-state index contributed by atoms with van der Waals surface area (Å²) >= 11 is 1.84. The van der Waals surface area contributed by atoms with Crippen LogP contribution in [0.15, 0.2) is 17.5 Å². The number of hydrogen-bond acceptors (Lipinski definition) is 2. The molecular weight excluding hydrogens is 177 g/mol. The molecule has 0 amide bonds. The summed E-state index contributed by atoms with van der Waals surface area (Å²) in [7, 11) is 5.67. The molecular formula is C10H16BNS. The van der Waals surface area contributed by atoms with Gasteiger partial charge in [0.05, 0.1) is 0 Å². The van der Waals surface area contributed by atoms with Gasteiger partial charge in [-0.3, -0.25) is 0 Å². The number of nitrogens with zero attached hydrogens (tertiary/aromatic N) is 1. The fourth-order valence-electron chi connectivity index (χ4n) is 1.23. The third-order valence-corrected chi connectivity index (χ3v) is 3.04. The lowest BCUT2D eigenvalue weighted by atomic mass is 10.2. The van der Waals surface area contributed by atoms with Crippen LogP contribution in [0.5, 0.6) is 0 Å². The van der Waals surface area contributed by atoms with Crippen molar-refractivity contribution in [1.29, 1.82) is 0 Å². The van der Waals surface area contributed by atoms with Crippen LogP contribution in [-0.4, -0.2) is 25.9 Å². The van der Waals surface area contributed by atoms with E-state index in [0.29, 0.717) is 0 Å². The summed E-state index contributed by atoms with van der Waals surface area (Å²) in [5.41, 5.74) is 0. The Morgan fingerprint density at radius 2 is 2.31 bits per heavy atom.